The van der Waals surface area contributed by atoms with E-state index >= 15 is 0 Å². The molecule has 1 unspecified atom stereocenters. The first-order valence-electron chi connectivity index (χ1n) is 7.67. The standard InChI is InChI=1S/C14H25N3O4/c1-2-12(18)9-7-8(15)3-4-11(9)17-6-5-10(13(17)19)16-14(20)21/h8-12,16,18H,2-7,15H2,1H3,(H,20,21)/t8-,9-,10?,11+,12+/m1/s1. The van der Waals surface area contributed by atoms with E-state index in [4.69, 9.17) is 10.8 Å². The molecule has 2 aliphatic rings. The van der Waals surface area contributed by atoms with E-state index in [2.05, 4.69) is 5.32 Å². The van der Waals surface area contributed by atoms with Crippen LogP contribution in [-0.2, 0) is 4.79 Å². The van der Waals surface area contributed by atoms with Crippen LogP contribution >= 0.6 is 0 Å². The number of hydrogen-bond donors (Lipinski definition) is 4. The van der Waals surface area contributed by atoms with E-state index in [-0.39, 0.29) is 23.9 Å². The lowest BCUT2D eigenvalue weighted by molar-refractivity contribution is -0.134. The largest absolute Gasteiger partial charge is 0.465 e. The van der Waals surface area contributed by atoms with Gasteiger partial charge in [0, 0.05) is 24.5 Å². The SMILES string of the molecule is CC[C@H](O)[C@@H]1C[C@H](N)CC[C@@H]1N1CCC(NC(=O)O)C1=O. The van der Waals surface area contributed by atoms with Crippen LogP contribution in [0.15, 0.2) is 0 Å². The van der Waals surface area contributed by atoms with Gasteiger partial charge >= 0.3 is 6.09 Å². The summed E-state index contributed by atoms with van der Waals surface area (Å²) in [6, 6.07) is -0.622. The first kappa shape index (κ1) is 16.0. The molecule has 120 valence electrons. The van der Waals surface area contributed by atoms with E-state index in [0.29, 0.717) is 25.8 Å². The highest BCUT2D eigenvalue weighted by Crippen LogP contribution is 2.33. The van der Waals surface area contributed by atoms with Crippen LogP contribution in [0.2, 0.25) is 0 Å². The third-order valence-corrected chi connectivity index (χ3v) is 4.75. The Balaban J connectivity index is 2.08. The van der Waals surface area contributed by atoms with Crippen LogP contribution in [0, 0.1) is 5.92 Å². The molecule has 0 aromatic carbocycles. The fourth-order valence-corrected chi connectivity index (χ4v) is 3.64. The molecule has 1 saturated heterocycles. The number of carboxylic acid groups (broad SMARTS) is 1. The zero-order valence-corrected chi connectivity index (χ0v) is 12.4. The van der Waals surface area contributed by atoms with Gasteiger partial charge in [-0.05, 0) is 32.1 Å². The zero-order valence-electron chi connectivity index (χ0n) is 12.4. The number of aliphatic hydroxyl groups excluding tert-OH is 1. The Bertz CT molecular complexity index is 404. The number of aliphatic hydroxyl groups is 1. The van der Waals surface area contributed by atoms with Crippen LogP contribution in [0.1, 0.15) is 39.0 Å². The number of rotatable bonds is 4. The van der Waals surface area contributed by atoms with Crippen LogP contribution in [-0.4, -0.2) is 57.9 Å². The van der Waals surface area contributed by atoms with Crippen LogP contribution in [0.25, 0.3) is 0 Å². The van der Waals surface area contributed by atoms with E-state index in [1.807, 2.05) is 6.92 Å². The van der Waals surface area contributed by atoms with E-state index in [1.54, 1.807) is 4.90 Å². The molecule has 1 aliphatic heterocycles. The zero-order chi connectivity index (χ0) is 15.6. The minimum atomic E-state index is -1.17. The van der Waals surface area contributed by atoms with Crippen molar-refractivity contribution in [3.63, 3.8) is 0 Å². The summed E-state index contributed by atoms with van der Waals surface area (Å²) < 4.78 is 0. The molecule has 7 nitrogen and oxygen atoms in total. The van der Waals surface area contributed by atoms with Crippen molar-refractivity contribution in [3.05, 3.63) is 0 Å². The van der Waals surface area contributed by atoms with Gasteiger partial charge in [0.15, 0.2) is 0 Å². The molecule has 2 amide bonds. The first-order chi connectivity index (χ1) is 9.93. The number of nitrogens with one attached hydrogen (secondary N) is 1. The Labute approximate surface area is 124 Å². The Morgan fingerprint density at radius 3 is 2.81 bits per heavy atom. The topological polar surface area (TPSA) is 116 Å². The summed E-state index contributed by atoms with van der Waals surface area (Å²) in [6.45, 7) is 2.46. The number of carbonyl (C=O) groups excluding carboxylic acids is 1. The quantitative estimate of drug-likeness (QED) is 0.588. The van der Waals surface area contributed by atoms with Gasteiger partial charge in [-0.1, -0.05) is 6.92 Å². The lowest BCUT2D eigenvalue weighted by Gasteiger charge is -2.42. The van der Waals surface area contributed by atoms with Crippen molar-refractivity contribution in [2.45, 2.75) is 63.3 Å². The predicted octanol–water partition coefficient (Wildman–Crippen LogP) is 0.122. The van der Waals surface area contributed by atoms with Gasteiger partial charge in [-0.15, -0.1) is 0 Å². The second-order valence-corrected chi connectivity index (χ2v) is 6.10. The fourth-order valence-electron chi connectivity index (χ4n) is 3.64. The molecule has 0 bridgehead atoms. The Hall–Kier alpha value is -1.34. The van der Waals surface area contributed by atoms with Gasteiger partial charge in [0.1, 0.15) is 6.04 Å². The molecule has 0 spiro atoms. The van der Waals surface area contributed by atoms with Crippen LogP contribution in [0.3, 0.4) is 0 Å². The monoisotopic (exact) mass is 299 g/mol. The van der Waals surface area contributed by atoms with E-state index in [1.165, 1.54) is 0 Å². The summed E-state index contributed by atoms with van der Waals surface area (Å²) in [5.41, 5.74) is 6.00. The van der Waals surface area contributed by atoms with Gasteiger partial charge < -0.3 is 26.2 Å². The molecule has 0 aromatic heterocycles. The molecule has 1 aliphatic carbocycles. The van der Waals surface area contributed by atoms with Crippen molar-refractivity contribution in [1.29, 1.82) is 0 Å². The van der Waals surface area contributed by atoms with Crippen molar-refractivity contribution in [3.8, 4) is 0 Å². The van der Waals surface area contributed by atoms with E-state index < -0.39 is 18.2 Å². The summed E-state index contributed by atoms with van der Waals surface area (Å²) in [6.07, 6.45) is 1.79. The molecule has 21 heavy (non-hydrogen) atoms. The second-order valence-electron chi connectivity index (χ2n) is 6.10. The molecule has 5 N–H and O–H groups in total. The molecule has 1 heterocycles. The van der Waals surface area contributed by atoms with Gasteiger partial charge in [-0.3, -0.25) is 4.79 Å². The van der Waals surface area contributed by atoms with Gasteiger partial charge in [-0.25, -0.2) is 4.79 Å². The Morgan fingerprint density at radius 1 is 1.48 bits per heavy atom. The van der Waals surface area contributed by atoms with Gasteiger partial charge in [0.05, 0.1) is 6.10 Å². The van der Waals surface area contributed by atoms with E-state index in [9.17, 15) is 14.7 Å². The predicted molar refractivity (Wildman–Crippen MR) is 76.7 cm³/mol. The van der Waals surface area contributed by atoms with E-state index in [0.717, 1.165) is 12.8 Å². The summed E-state index contributed by atoms with van der Waals surface area (Å²) >= 11 is 0. The van der Waals surface area contributed by atoms with Crippen LogP contribution in [0.4, 0.5) is 4.79 Å². The number of nitrogens with two attached hydrogens (primary N) is 1. The van der Waals surface area contributed by atoms with Gasteiger partial charge in [0.2, 0.25) is 5.91 Å². The summed E-state index contributed by atoms with van der Waals surface area (Å²) in [5, 5.41) is 21.3. The maximum absolute atomic E-state index is 12.4. The van der Waals surface area contributed by atoms with Crippen molar-refractivity contribution >= 4 is 12.0 Å². The van der Waals surface area contributed by atoms with Crippen molar-refractivity contribution < 1.29 is 19.8 Å². The number of amides is 2. The smallest absolute Gasteiger partial charge is 0.405 e. The summed E-state index contributed by atoms with van der Waals surface area (Å²) in [5.74, 6) is -0.197. The molecule has 0 radical (unpaired) electrons. The fraction of sp³-hybridized carbons (Fsp3) is 0.857. The average molecular weight is 299 g/mol. The molecular formula is C14H25N3O4. The number of nitrogens with zero attached hydrogens (tertiary/aromatic N) is 1. The highest BCUT2D eigenvalue weighted by molar-refractivity contribution is 5.87. The minimum absolute atomic E-state index is 0.0220. The average Bonchev–Trinajstić information content (AvgIpc) is 2.79. The third-order valence-electron chi connectivity index (χ3n) is 4.75. The molecular weight excluding hydrogens is 274 g/mol. The summed E-state index contributed by atoms with van der Waals surface area (Å²) in [7, 11) is 0. The minimum Gasteiger partial charge on any atom is -0.465 e. The lowest BCUT2D eigenvalue weighted by Crippen LogP contribution is -2.52. The number of carbonyl (C=O) groups is 2. The highest BCUT2D eigenvalue weighted by Gasteiger charge is 2.43. The van der Waals surface area contributed by atoms with Crippen molar-refractivity contribution in [1.82, 2.24) is 10.2 Å². The molecule has 0 aromatic rings. The maximum Gasteiger partial charge on any atom is 0.405 e. The molecule has 5 atom stereocenters. The molecule has 1 saturated carbocycles. The number of likely N-dealkylation sites (tertiary alicyclic amines) is 1. The second kappa shape index (κ2) is 6.62. The van der Waals surface area contributed by atoms with Gasteiger partial charge in [0.25, 0.3) is 0 Å². The molecule has 7 heteroatoms. The lowest BCUT2D eigenvalue weighted by atomic mass is 9.77. The van der Waals surface area contributed by atoms with Crippen LogP contribution < -0.4 is 11.1 Å². The maximum atomic E-state index is 12.4. The number of hydrogen-bond acceptors (Lipinski definition) is 4. The van der Waals surface area contributed by atoms with Crippen LogP contribution in [0.5, 0.6) is 0 Å². The van der Waals surface area contributed by atoms with Crippen molar-refractivity contribution in [2.24, 2.45) is 11.7 Å². The Morgan fingerprint density at radius 2 is 2.19 bits per heavy atom. The highest BCUT2D eigenvalue weighted by atomic mass is 16.4. The normalized spacial score (nSPS) is 34.8. The van der Waals surface area contributed by atoms with Crippen molar-refractivity contribution in [2.75, 3.05) is 6.54 Å². The Kier molecular flexibility index (Phi) is 5.05. The summed E-state index contributed by atoms with van der Waals surface area (Å²) in [4.78, 5) is 24.8. The first-order valence-corrected chi connectivity index (χ1v) is 7.67. The molecule has 2 fully saturated rings. The van der Waals surface area contributed by atoms with Gasteiger partial charge in [-0.2, -0.15) is 0 Å². The third kappa shape index (κ3) is 3.47. The molecule has 2 rings (SSSR count).